The molecule has 0 radical (unpaired) electrons. The van der Waals surface area contributed by atoms with E-state index in [4.69, 9.17) is 10.5 Å². The second kappa shape index (κ2) is 10.4. The lowest BCUT2D eigenvalue weighted by Crippen LogP contribution is -2.57. The molecule has 8 nitrogen and oxygen atoms in total. The molecule has 4 rings (SSSR count). The second-order valence-electron chi connectivity index (χ2n) is 10.6. The van der Waals surface area contributed by atoms with Gasteiger partial charge in [0.15, 0.2) is 0 Å². The summed E-state index contributed by atoms with van der Waals surface area (Å²) in [5, 5.41) is 2.79. The Morgan fingerprint density at radius 3 is 2.42 bits per heavy atom. The summed E-state index contributed by atoms with van der Waals surface area (Å²) in [5.41, 5.74) is 6.24. The molecule has 2 aromatic carbocycles. The monoisotopic (exact) mass is 492 g/mol. The summed E-state index contributed by atoms with van der Waals surface area (Å²) >= 11 is 0. The third kappa shape index (κ3) is 5.29. The summed E-state index contributed by atoms with van der Waals surface area (Å²) in [6.07, 6.45) is 0.579. The molecular formula is C28H36N4O4. The van der Waals surface area contributed by atoms with Crippen LogP contribution >= 0.6 is 0 Å². The highest BCUT2D eigenvalue weighted by Gasteiger charge is 2.57. The highest BCUT2D eigenvalue weighted by molar-refractivity contribution is 5.93. The van der Waals surface area contributed by atoms with Gasteiger partial charge >= 0.3 is 0 Å². The summed E-state index contributed by atoms with van der Waals surface area (Å²) in [6.45, 7) is 4.88. The number of carbonyl (C=O) groups is 3. The van der Waals surface area contributed by atoms with Gasteiger partial charge in [0.2, 0.25) is 17.7 Å². The van der Waals surface area contributed by atoms with Crippen LogP contribution in [0.5, 0.6) is 0 Å². The topological polar surface area (TPSA) is 105 Å². The Morgan fingerprint density at radius 1 is 1.14 bits per heavy atom. The van der Waals surface area contributed by atoms with Crippen LogP contribution in [0.2, 0.25) is 0 Å². The summed E-state index contributed by atoms with van der Waals surface area (Å²) in [5.74, 6) is -0.626. The van der Waals surface area contributed by atoms with E-state index in [9.17, 15) is 14.4 Å². The standard InChI is InChI=1S/C28H36N4O4/c1-27(2,29)25(34)30-23(18-36-17-20-10-6-4-7-11-20)24(33)32-15-14-28(19-32)22(16-31(3)26(28)35)21-12-8-5-9-13-21/h4-13,22-23H,14-19,29H2,1-3H3,(H,30,34)/t22?,23-,28?/m1/s1. The van der Waals surface area contributed by atoms with E-state index in [1.165, 1.54) is 0 Å². The number of ether oxygens (including phenoxy) is 1. The fourth-order valence-corrected chi connectivity index (χ4v) is 5.26. The molecule has 192 valence electrons. The number of carbonyl (C=O) groups excluding carboxylic acids is 3. The van der Waals surface area contributed by atoms with Crippen molar-refractivity contribution >= 4 is 17.7 Å². The zero-order chi connectivity index (χ0) is 25.9. The van der Waals surface area contributed by atoms with Gasteiger partial charge in [-0.25, -0.2) is 0 Å². The second-order valence-corrected chi connectivity index (χ2v) is 10.6. The molecule has 3 atom stereocenters. The van der Waals surface area contributed by atoms with Crippen LogP contribution in [0.15, 0.2) is 60.7 Å². The van der Waals surface area contributed by atoms with Crippen molar-refractivity contribution < 1.29 is 19.1 Å². The Hall–Kier alpha value is -3.23. The first kappa shape index (κ1) is 25.9. The van der Waals surface area contributed by atoms with Gasteiger partial charge in [0.1, 0.15) is 6.04 Å². The predicted molar refractivity (Wildman–Crippen MR) is 137 cm³/mol. The van der Waals surface area contributed by atoms with Crippen molar-refractivity contribution in [3.05, 3.63) is 71.8 Å². The minimum absolute atomic E-state index is 0.000605. The van der Waals surface area contributed by atoms with Gasteiger partial charge in [0.25, 0.3) is 0 Å². The van der Waals surface area contributed by atoms with Gasteiger partial charge < -0.3 is 25.6 Å². The fraction of sp³-hybridized carbons (Fsp3) is 0.464. The number of likely N-dealkylation sites (tertiary alicyclic amines) is 2. The molecule has 0 bridgehead atoms. The molecule has 3 N–H and O–H groups in total. The quantitative estimate of drug-likeness (QED) is 0.586. The summed E-state index contributed by atoms with van der Waals surface area (Å²) < 4.78 is 5.84. The molecule has 2 aliphatic heterocycles. The van der Waals surface area contributed by atoms with E-state index < -0.39 is 22.9 Å². The highest BCUT2D eigenvalue weighted by atomic mass is 16.5. The van der Waals surface area contributed by atoms with Crippen LogP contribution in [0.1, 0.15) is 37.3 Å². The predicted octanol–water partition coefficient (Wildman–Crippen LogP) is 1.90. The first-order valence-electron chi connectivity index (χ1n) is 12.4. The van der Waals surface area contributed by atoms with Gasteiger partial charge in [-0.05, 0) is 31.4 Å². The van der Waals surface area contributed by atoms with Crippen LogP contribution < -0.4 is 11.1 Å². The summed E-state index contributed by atoms with van der Waals surface area (Å²) in [7, 11) is 1.82. The number of likely N-dealkylation sites (N-methyl/N-ethyl adjacent to an activating group) is 1. The van der Waals surface area contributed by atoms with E-state index in [0.717, 1.165) is 11.1 Å². The largest absolute Gasteiger partial charge is 0.374 e. The van der Waals surface area contributed by atoms with Crippen molar-refractivity contribution in [2.24, 2.45) is 11.1 Å². The molecule has 0 aromatic heterocycles. The number of rotatable bonds is 8. The molecule has 2 saturated heterocycles. The number of hydrogen-bond acceptors (Lipinski definition) is 5. The zero-order valence-electron chi connectivity index (χ0n) is 21.3. The van der Waals surface area contributed by atoms with Crippen LogP contribution in [0.3, 0.4) is 0 Å². The van der Waals surface area contributed by atoms with E-state index in [-0.39, 0.29) is 24.3 Å². The van der Waals surface area contributed by atoms with E-state index in [0.29, 0.717) is 32.7 Å². The molecule has 2 fully saturated rings. The van der Waals surface area contributed by atoms with Crippen molar-refractivity contribution in [1.82, 2.24) is 15.1 Å². The van der Waals surface area contributed by atoms with Crippen molar-refractivity contribution in [2.75, 3.05) is 33.3 Å². The molecular weight excluding hydrogens is 456 g/mol. The van der Waals surface area contributed by atoms with Gasteiger partial charge in [0, 0.05) is 32.6 Å². The summed E-state index contributed by atoms with van der Waals surface area (Å²) in [4.78, 5) is 43.2. The Kier molecular flexibility index (Phi) is 7.47. The molecule has 0 saturated carbocycles. The molecule has 36 heavy (non-hydrogen) atoms. The first-order chi connectivity index (χ1) is 17.1. The molecule has 2 aliphatic rings. The van der Waals surface area contributed by atoms with E-state index in [1.807, 2.05) is 67.7 Å². The van der Waals surface area contributed by atoms with Crippen molar-refractivity contribution in [3.63, 3.8) is 0 Å². The molecule has 0 aliphatic carbocycles. The zero-order valence-corrected chi connectivity index (χ0v) is 21.3. The van der Waals surface area contributed by atoms with Gasteiger partial charge in [-0.1, -0.05) is 60.7 Å². The van der Waals surface area contributed by atoms with Crippen molar-refractivity contribution in [1.29, 1.82) is 0 Å². The highest BCUT2D eigenvalue weighted by Crippen LogP contribution is 2.49. The maximum Gasteiger partial charge on any atom is 0.247 e. The van der Waals surface area contributed by atoms with Gasteiger partial charge in [0.05, 0.1) is 24.2 Å². The Bertz CT molecular complexity index is 1090. The van der Waals surface area contributed by atoms with E-state index in [1.54, 1.807) is 23.6 Å². The Morgan fingerprint density at radius 2 is 1.78 bits per heavy atom. The smallest absolute Gasteiger partial charge is 0.247 e. The Balaban J connectivity index is 1.51. The van der Waals surface area contributed by atoms with Crippen LogP contribution in [0, 0.1) is 5.41 Å². The van der Waals surface area contributed by atoms with Crippen LogP contribution in [-0.2, 0) is 25.7 Å². The molecule has 2 aromatic rings. The molecule has 2 heterocycles. The number of nitrogens with zero attached hydrogens (tertiary/aromatic N) is 2. The minimum Gasteiger partial charge on any atom is -0.374 e. The minimum atomic E-state index is -1.15. The van der Waals surface area contributed by atoms with Gasteiger partial charge in [-0.3, -0.25) is 14.4 Å². The van der Waals surface area contributed by atoms with Crippen molar-refractivity contribution in [3.8, 4) is 0 Å². The first-order valence-corrected chi connectivity index (χ1v) is 12.4. The lowest BCUT2D eigenvalue weighted by molar-refractivity contribution is -0.140. The fourth-order valence-electron chi connectivity index (χ4n) is 5.26. The number of nitrogens with one attached hydrogen (secondary N) is 1. The maximum absolute atomic E-state index is 13.7. The molecule has 2 unspecified atom stereocenters. The third-order valence-electron chi connectivity index (χ3n) is 7.30. The Labute approximate surface area is 212 Å². The maximum atomic E-state index is 13.7. The average Bonchev–Trinajstić information content (AvgIpc) is 3.41. The molecule has 1 spiro atoms. The number of benzene rings is 2. The van der Waals surface area contributed by atoms with Crippen LogP contribution in [0.4, 0.5) is 0 Å². The number of nitrogens with two attached hydrogens (primary N) is 1. The normalized spacial score (nSPS) is 22.8. The summed E-state index contributed by atoms with van der Waals surface area (Å²) in [6, 6.07) is 18.8. The lowest BCUT2D eigenvalue weighted by atomic mass is 9.73. The number of hydrogen-bond donors (Lipinski definition) is 2. The lowest BCUT2D eigenvalue weighted by Gasteiger charge is -2.30. The molecule has 8 heteroatoms. The van der Waals surface area contributed by atoms with Gasteiger partial charge in [-0.15, -0.1) is 0 Å². The van der Waals surface area contributed by atoms with E-state index >= 15 is 0 Å². The van der Waals surface area contributed by atoms with Crippen molar-refractivity contribution in [2.45, 2.75) is 44.4 Å². The number of amides is 3. The molecule has 3 amide bonds. The van der Waals surface area contributed by atoms with Crippen LogP contribution in [0.25, 0.3) is 0 Å². The van der Waals surface area contributed by atoms with Gasteiger partial charge in [-0.2, -0.15) is 0 Å². The van der Waals surface area contributed by atoms with E-state index in [2.05, 4.69) is 5.32 Å². The van der Waals surface area contributed by atoms with Crippen LogP contribution in [-0.4, -0.2) is 72.4 Å². The third-order valence-corrected chi connectivity index (χ3v) is 7.30. The average molecular weight is 493 g/mol. The SMILES string of the molecule is CN1CC(c2ccccc2)C2(CCN(C(=O)[C@@H](COCc3ccccc3)NC(=O)C(C)(C)N)C2)C1=O.